The lowest BCUT2D eigenvalue weighted by Gasteiger charge is -2.08. The highest BCUT2D eigenvalue weighted by Crippen LogP contribution is 2.32. The molecule has 0 amide bonds. The van der Waals surface area contributed by atoms with Gasteiger partial charge in [0.1, 0.15) is 11.5 Å². The molecule has 0 aromatic heterocycles. The molecule has 18 heavy (non-hydrogen) atoms. The van der Waals surface area contributed by atoms with E-state index in [2.05, 4.69) is 0 Å². The average molecular weight is 244 g/mol. The van der Waals surface area contributed by atoms with Gasteiger partial charge in [0.2, 0.25) is 0 Å². The highest BCUT2D eigenvalue weighted by molar-refractivity contribution is 5.90. The van der Waals surface area contributed by atoms with E-state index in [9.17, 15) is 9.90 Å². The predicted molar refractivity (Wildman–Crippen MR) is 67.1 cm³/mol. The molecule has 0 heterocycles. The summed E-state index contributed by atoms with van der Waals surface area (Å²) >= 11 is 0. The van der Waals surface area contributed by atoms with Gasteiger partial charge in [0.15, 0.2) is 0 Å². The van der Waals surface area contributed by atoms with Crippen LogP contribution in [0, 0.1) is 0 Å². The van der Waals surface area contributed by atoms with E-state index >= 15 is 0 Å². The second-order valence-corrected chi connectivity index (χ2v) is 3.77. The number of hydrogen-bond donors (Lipinski definition) is 2. The molecule has 0 aliphatic carbocycles. The first-order valence-electron chi connectivity index (χ1n) is 5.32. The molecule has 0 saturated heterocycles. The first-order chi connectivity index (χ1) is 8.61. The molecule has 0 aliphatic heterocycles. The second-order valence-electron chi connectivity index (χ2n) is 3.77. The zero-order valence-corrected chi connectivity index (χ0v) is 9.75. The quantitative estimate of drug-likeness (QED) is 0.871. The monoisotopic (exact) mass is 244 g/mol. The molecule has 4 nitrogen and oxygen atoms in total. The number of phenols is 1. The fourth-order valence-corrected chi connectivity index (χ4v) is 1.71. The minimum absolute atomic E-state index is 0.0992. The molecule has 2 aromatic carbocycles. The first-order valence-corrected chi connectivity index (χ1v) is 5.32. The molecular weight excluding hydrogens is 232 g/mol. The summed E-state index contributed by atoms with van der Waals surface area (Å²) in [4.78, 5) is 11.0. The fraction of sp³-hybridized carbons (Fsp3) is 0.0714. The summed E-state index contributed by atoms with van der Waals surface area (Å²) in [5.41, 5.74) is 1.29. The van der Waals surface area contributed by atoms with Crippen molar-refractivity contribution in [3.05, 3.63) is 48.0 Å². The van der Waals surface area contributed by atoms with Crippen LogP contribution in [0.2, 0.25) is 0 Å². The van der Waals surface area contributed by atoms with E-state index in [1.807, 2.05) is 0 Å². The Morgan fingerprint density at radius 3 is 2.50 bits per heavy atom. The Hall–Kier alpha value is -2.49. The van der Waals surface area contributed by atoms with E-state index in [4.69, 9.17) is 9.84 Å². The van der Waals surface area contributed by atoms with Crippen LogP contribution < -0.4 is 4.74 Å². The van der Waals surface area contributed by atoms with Crippen LogP contribution in [-0.2, 0) is 0 Å². The van der Waals surface area contributed by atoms with Gasteiger partial charge in [-0.25, -0.2) is 4.79 Å². The molecular formula is C14H12O4. The Balaban J connectivity index is 2.60. The van der Waals surface area contributed by atoms with Crippen molar-refractivity contribution in [3.63, 3.8) is 0 Å². The summed E-state index contributed by atoms with van der Waals surface area (Å²) in [6.07, 6.45) is 0. The van der Waals surface area contributed by atoms with E-state index in [1.54, 1.807) is 30.3 Å². The van der Waals surface area contributed by atoms with E-state index in [0.29, 0.717) is 16.9 Å². The molecule has 0 fully saturated rings. The zero-order valence-electron chi connectivity index (χ0n) is 9.75. The first kappa shape index (κ1) is 12.0. The Morgan fingerprint density at radius 1 is 1.17 bits per heavy atom. The number of carbonyl (C=O) groups is 1. The van der Waals surface area contributed by atoms with Crippen LogP contribution in [0.5, 0.6) is 11.5 Å². The fourth-order valence-electron chi connectivity index (χ4n) is 1.71. The van der Waals surface area contributed by atoms with Crippen LogP contribution in [0.4, 0.5) is 0 Å². The third kappa shape index (κ3) is 2.27. The summed E-state index contributed by atoms with van der Waals surface area (Å²) in [5.74, 6) is -0.499. The van der Waals surface area contributed by atoms with Crippen molar-refractivity contribution in [1.29, 1.82) is 0 Å². The van der Waals surface area contributed by atoms with Crippen LogP contribution in [0.15, 0.2) is 42.5 Å². The van der Waals surface area contributed by atoms with Crippen LogP contribution in [0.3, 0.4) is 0 Å². The smallest absolute Gasteiger partial charge is 0.335 e. The van der Waals surface area contributed by atoms with Crippen molar-refractivity contribution in [3.8, 4) is 22.6 Å². The standard InChI is InChI=1S/C14H12O4/c1-18-11-7-9(6-10(8-11)14(16)17)12-4-2-3-5-13(12)15/h2-8,15H,1H3,(H,16,17). The molecule has 0 bridgehead atoms. The lowest BCUT2D eigenvalue weighted by molar-refractivity contribution is 0.0696. The summed E-state index contributed by atoms with van der Waals surface area (Å²) in [5, 5.41) is 18.8. The molecule has 0 unspecified atom stereocenters. The number of carboxylic acid groups (broad SMARTS) is 1. The third-order valence-corrected chi connectivity index (χ3v) is 2.60. The molecule has 92 valence electrons. The number of phenolic OH excluding ortho intramolecular Hbond substituents is 1. The van der Waals surface area contributed by atoms with Gasteiger partial charge in [-0.3, -0.25) is 0 Å². The number of methoxy groups -OCH3 is 1. The van der Waals surface area contributed by atoms with Gasteiger partial charge in [-0.15, -0.1) is 0 Å². The topological polar surface area (TPSA) is 66.8 Å². The van der Waals surface area contributed by atoms with Crippen molar-refractivity contribution >= 4 is 5.97 Å². The minimum Gasteiger partial charge on any atom is -0.507 e. The van der Waals surface area contributed by atoms with E-state index in [1.165, 1.54) is 19.2 Å². The lowest BCUT2D eigenvalue weighted by atomic mass is 10.0. The SMILES string of the molecule is COc1cc(C(=O)O)cc(-c2ccccc2O)c1. The summed E-state index contributed by atoms with van der Waals surface area (Å²) < 4.78 is 5.06. The number of benzene rings is 2. The normalized spacial score (nSPS) is 10.1. The van der Waals surface area contributed by atoms with Crippen molar-refractivity contribution in [1.82, 2.24) is 0 Å². The largest absolute Gasteiger partial charge is 0.507 e. The van der Waals surface area contributed by atoms with Gasteiger partial charge in [-0.1, -0.05) is 18.2 Å². The second kappa shape index (κ2) is 4.79. The van der Waals surface area contributed by atoms with E-state index in [-0.39, 0.29) is 11.3 Å². The molecule has 0 spiro atoms. The Kier molecular flexibility index (Phi) is 3.19. The maximum Gasteiger partial charge on any atom is 0.335 e. The zero-order chi connectivity index (χ0) is 13.1. The number of rotatable bonds is 3. The molecule has 0 saturated carbocycles. The molecule has 0 aliphatic rings. The van der Waals surface area contributed by atoms with Gasteiger partial charge in [0.25, 0.3) is 0 Å². The van der Waals surface area contributed by atoms with Crippen molar-refractivity contribution in [2.24, 2.45) is 0 Å². The van der Waals surface area contributed by atoms with Gasteiger partial charge in [-0.2, -0.15) is 0 Å². The number of ether oxygens (including phenoxy) is 1. The number of hydrogen-bond acceptors (Lipinski definition) is 3. The average Bonchev–Trinajstić information content (AvgIpc) is 2.38. The van der Waals surface area contributed by atoms with Crippen molar-refractivity contribution < 1.29 is 19.7 Å². The predicted octanol–water partition coefficient (Wildman–Crippen LogP) is 2.77. The lowest BCUT2D eigenvalue weighted by Crippen LogP contribution is -1.98. The maximum absolute atomic E-state index is 11.0. The van der Waals surface area contributed by atoms with Gasteiger partial charge in [-0.05, 0) is 29.8 Å². The molecule has 2 aromatic rings. The van der Waals surface area contributed by atoms with Gasteiger partial charge < -0.3 is 14.9 Å². The Bertz CT molecular complexity index is 590. The highest BCUT2D eigenvalue weighted by atomic mass is 16.5. The molecule has 2 N–H and O–H groups in total. The Morgan fingerprint density at radius 2 is 1.89 bits per heavy atom. The van der Waals surface area contributed by atoms with Gasteiger partial charge in [0.05, 0.1) is 12.7 Å². The van der Waals surface area contributed by atoms with Crippen molar-refractivity contribution in [2.75, 3.05) is 7.11 Å². The molecule has 2 rings (SSSR count). The Labute approximate surface area is 104 Å². The number of aromatic carboxylic acids is 1. The van der Waals surface area contributed by atoms with Crippen LogP contribution in [0.1, 0.15) is 10.4 Å². The van der Waals surface area contributed by atoms with Crippen LogP contribution >= 0.6 is 0 Å². The summed E-state index contributed by atoms with van der Waals surface area (Å²) in [7, 11) is 1.47. The number of para-hydroxylation sites is 1. The number of carboxylic acids is 1. The summed E-state index contributed by atoms with van der Waals surface area (Å²) in [6, 6.07) is 11.4. The van der Waals surface area contributed by atoms with Gasteiger partial charge in [0, 0.05) is 5.56 Å². The maximum atomic E-state index is 11.0. The summed E-state index contributed by atoms with van der Waals surface area (Å²) in [6.45, 7) is 0. The molecule has 4 heteroatoms. The van der Waals surface area contributed by atoms with Crippen LogP contribution in [-0.4, -0.2) is 23.3 Å². The minimum atomic E-state index is -1.04. The molecule has 0 atom stereocenters. The third-order valence-electron chi connectivity index (χ3n) is 2.60. The molecule has 0 radical (unpaired) electrons. The van der Waals surface area contributed by atoms with E-state index in [0.717, 1.165) is 0 Å². The highest BCUT2D eigenvalue weighted by Gasteiger charge is 2.10. The van der Waals surface area contributed by atoms with Crippen LogP contribution in [0.25, 0.3) is 11.1 Å². The van der Waals surface area contributed by atoms with Gasteiger partial charge >= 0.3 is 5.97 Å². The van der Waals surface area contributed by atoms with E-state index < -0.39 is 5.97 Å². The van der Waals surface area contributed by atoms with Crippen molar-refractivity contribution in [2.45, 2.75) is 0 Å². The number of aromatic hydroxyl groups is 1.